The number of fused-ring (bicyclic) bond motifs is 1. The standard InChI is InChI=1S/C19H12N2O7/c22-16-13(7-10-1-6-14-15(8-10)28-9-27-14)17(23)21(19(26)20-16)12-4-2-11(3-5-12)18(24)25/h1-8H,9H2,(H,24,25)(H,20,22,26). The van der Waals surface area contributed by atoms with Crippen LogP contribution in [0.1, 0.15) is 15.9 Å². The van der Waals surface area contributed by atoms with E-state index in [2.05, 4.69) is 5.32 Å². The molecule has 2 aliphatic rings. The zero-order valence-corrected chi connectivity index (χ0v) is 14.2. The average Bonchev–Trinajstić information content (AvgIpc) is 3.13. The molecule has 0 unspecified atom stereocenters. The topological polar surface area (TPSA) is 122 Å². The zero-order valence-electron chi connectivity index (χ0n) is 14.2. The summed E-state index contributed by atoms with van der Waals surface area (Å²) >= 11 is 0. The van der Waals surface area contributed by atoms with E-state index >= 15 is 0 Å². The van der Waals surface area contributed by atoms with Gasteiger partial charge in [0.05, 0.1) is 11.3 Å². The highest BCUT2D eigenvalue weighted by Crippen LogP contribution is 2.33. The van der Waals surface area contributed by atoms with Gasteiger partial charge in [0.2, 0.25) is 6.79 Å². The average molecular weight is 380 g/mol. The molecule has 0 aliphatic carbocycles. The Bertz CT molecular complexity index is 1060. The minimum Gasteiger partial charge on any atom is -0.478 e. The first-order valence-electron chi connectivity index (χ1n) is 8.08. The molecule has 2 aliphatic heterocycles. The van der Waals surface area contributed by atoms with Gasteiger partial charge in [0.25, 0.3) is 11.8 Å². The second-order valence-corrected chi connectivity index (χ2v) is 5.92. The first kappa shape index (κ1) is 17.3. The first-order chi connectivity index (χ1) is 13.4. The predicted octanol–water partition coefficient (Wildman–Crippen LogP) is 1.78. The molecule has 4 rings (SSSR count). The number of carboxylic acid groups (broad SMARTS) is 1. The number of urea groups is 1. The van der Waals surface area contributed by atoms with Gasteiger partial charge in [0.1, 0.15) is 5.57 Å². The number of benzene rings is 2. The van der Waals surface area contributed by atoms with Crippen molar-refractivity contribution in [1.29, 1.82) is 0 Å². The molecule has 2 heterocycles. The predicted molar refractivity (Wildman–Crippen MR) is 95.0 cm³/mol. The fourth-order valence-corrected chi connectivity index (χ4v) is 2.81. The van der Waals surface area contributed by atoms with E-state index in [1.54, 1.807) is 18.2 Å². The summed E-state index contributed by atoms with van der Waals surface area (Å²) in [5.74, 6) is -1.76. The van der Waals surface area contributed by atoms with Crippen LogP contribution in [0.25, 0.3) is 6.08 Å². The van der Waals surface area contributed by atoms with Crippen LogP contribution in [0.4, 0.5) is 10.5 Å². The molecule has 9 nitrogen and oxygen atoms in total. The van der Waals surface area contributed by atoms with Crippen LogP contribution in [0, 0.1) is 0 Å². The van der Waals surface area contributed by atoms with Crippen LogP contribution in [0.5, 0.6) is 11.5 Å². The lowest BCUT2D eigenvalue weighted by molar-refractivity contribution is -0.122. The second kappa shape index (κ2) is 6.54. The van der Waals surface area contributed by atoms with Gasteiger partial charge in [0, 0.05) is 0 Å². The number of amides is 4. The highest BCUT2D eigenvalue weighted by molar-refractivity contribution is 6.39. The normalized spacial score (nSPS) is 17.1. The summed E-state index contributed by atoms with van der Waals surface area (Å²) < 4.78 is 10.5. The molecule has 0 bridgehead atoms. The Morgan fingerprint density at radius 2 is 1.75 bits per heavy atom. The van der Waals surface area contributed by atoms with E-state index in [4.69, 9.17) is 14.6 Å². The van der Waals surface area contributed by atoms with Crippen molar-refractivity contribution in [1.82, 2.24) is 5.32 Å². The molecule has 2 aromatic rings. The molecule has 4 amide bonds. The van der Waals surface area contributed by atoms with Crippen molar-refractivity contribution < 1.29 is 33.8 Å². The molecule has 0 spiro atoms. The van der Waals surface area contributed by atoms with Crippen molar-refractivity contribution in [2.75, 3.05) is 11.7 Å². The quantitative estimate of drug-likeness (QED) is 0.615. The van der Waals surface area contributed by atoms with Gasteiger partial charge in [-0.1, -0.05) is 6.07 Å². The van der Waals surface area contributed by atoms with Crippen LogP contribution >= 0.6 is 0 Å². The van der Waals surface area contributed by atoms with Crippen LogP contribution in [-0.2, 0) is 9.59 Å². The monoisotopic (exact) mass is 380 g/mol. The third kappa shape index (κ3) is 2.94. The molecular weight excluding hydrogens is 368 g/mol. The number of ether oxygens (including phenoxy) is 2. The lowest BCUT2D eigenvalue weighted by atomic mass is 10.1. The van der Waals surface area contributed by atoms with Crippen LogP contribution in [0.3, 0.4) is 0 Å². The minimum atomic E-state index is -1.14. The largest absolute Gasteiger partial charge is 0.478 e. The summed E-state index contributed by atoms with van der Waals surface area (Å²) in [6, 6.07) is 9.13. The molecule has 28 heavy (non-hydrogen) atoms. The number of rotatable bonds is 3. The smallest absolute Gasteiger partial charge is 0.335 e. The summed E-state index contributed by atoms with van der Waals surface area (Å²) in [6.07, 6.45) is 1.34. The summed E-state index contributed by atoms with van der Waals surface area (Å²) in [5, 5.41) is 11.1. The van der Waals surface area contributed by atoms with E-state index in [9.17, 15) is 19.2 Å². The van der Waals surface area contributed by atoms with Gasteiger partial charge >= 0.3 is 12.0 Å². The van der Waals surface area contributed by atoms with Crippen LogP contribution < -0.4 is 19.7 Å². The molecule has 2 N–H and O–H groups in total. The molecule has 9 heteroatoms. The van der Waals surface area contributed by atoms with Crippen LogP contribution in [-0.4, -0.2) is 35.7 Å². The number of carbonyl (C=O) groups excluding carboxylic acids is 3. The molecule has 2 aromatic carbocycles. The SMILES string of the molecule is O=C1NC(=O)N(c2ccc(C(=O)O)cc2)C(=O)C1=Cc1ccc2c(c1)OCO2. The number of barbiturate groups is 1. The molecule has 1 fully saturated rings. The third-order valence-corrected chi connectivity index (χ3v) is 4.18. The van der Waals surface area contributed by atoms with Crippen LogP contribution in [0.2, 0.25) is 0 Å². The van der Waals surface area contributed by atoms with E-state index in [1.165, 1.54) is 30.3 Å². The second-order valence-electron chi connectivity index (χ2n) is 5.92. The fraction of sp³-hybridized carbons (Fsp3) is 0.0526. The van der Waals surface area contributed by atoms with Crippen molar-refractivity contribution in [2.45, 2.75) is 0 Å². The number of nitrogens with one attached hydrogen (secondary N) is 1. The Morgan fingerprint density at radius 3 is 2.46 bits per heavy atom. The number of carboxylic acids is 1. The Hall–Kier alpha value is -4.14. The van der Waals surface area contributed by atoms with Crippen LogP contribution in [0.15, 0.2) is 48.0 Å². The Kier molecular flexibility index (Phi) is 4.04. The lowest BCUT2D eigenvalue weighted by Crippen LogP contribution is -2.54. The number of anilines is 1. The van der Waals surface area contributed by atoms with Gasteiger partial charge in [-0.05, 0) is 48.0 Å². The number of nitrogens with zero attached hydrogens (tertiary/aromatic N) is 1. The molecule has 0 saturated carbocycles. The Balaban J connectivity index is 1.68. The van der Waals surface area contributed by atoms with Crippen molar-refractivity contribution in [3.05, 3.63) is 59.2 Å². The number of hydrogen-bond acceptors (Lipinski definition) is 6. The number of carbonyl (C=O) groups is 4. The summed E-state index contributed by atoms with van der Waals surface area (Å²) in [6.45, 7) is 0.0867. The highest BCUT2D eigenvalue weighted by atomic mass is 16.7. The molecule has 0 aromatic heterocycles. The third-order valence-electron chi connectivity index (χ3n) is 4.18. The summed E-state index contributed by atoms with van der Waals surface area (Å²) in [4.78, 5) is 48.9. The maximum atomic E-state index is 12.8. The van der Waals surface area contributed by atoms with Crippen molar-refractivity contribution >= 4 is 35.6 Å². The number of hydrogen-bond donors (Lipinski definition) is 2. The van der Waals surface area contributed by atoms with Gasteiger partial charge in [-0.2, -0.15) is 0 Å². The van der Waals surface area contributed by atoms with Gasteiger partial charge in [-0.25, -0.2) is 14.5 Å². The van der Waals surface area contributed by atoms with Crippen molar-refractivity contribution in [2.24, 2.45) is 0 Å². The number of aromatic carboxylic acids is 1. The maximum Gasteiger partial charge on any atom is 0.335 e. The van der Waals surface area contributed by atoms with E-state index in [-0.39, 0.29) is 23.6 Å². The van der Waals surface area contributed by atoms with E-state index < -0.39 is 23.8 Å². The highest BCUT2D eigenvalue weighted by Gasteiger charge is 2.36. The Labute approximate surface area is 157 Å². The molecule has 0 radical (unpaired) electrons. The molecular formula is C19H12N2O7. The maximum absolute atomic E-state index is 12.8. The van der Waals surface area contributed by atoms with Crippen molar-refractivity contribution in [3.63, 3.8) is 0 Å². The van der Waals surface area contributed by atoms with Crippen molar-refractivity contribution in [3.8, 4) is 11.5 Å². The molecule has 140 valence electrons. The lowest BCUT2D eigenvalue weighted by Gasteiger charge is -2.26. The van der Waals surface area contributed by atoms with Gasteiger partial charge < -0.3 is 14.6 Å². The van der Waals surface area contributed by atoms with Gasteiger partial charge in [-0.3, -0.25) is 14.9 Å². The fourth-order valence-electron chi connectivity index (χ4n) is 2.81. The minimum absolute atomic E-state index is 0.000758. The summed E-state index contributed by atoms with van der Waals surface area (Å²) in [7, 11) is 0. The molecule has 0 atom stereocenters. The zero-order chi connectivity index (χ0) is 19.8. The molecule has 1 saturated heterocycles. The Morgan fingerprint density at radius 1 is 1.04 bits per heavy atom. The summed E-state index contributed by atoms with van der Waals surface area (Å²) in [5.41, 5.74) is 0.399. The van der Waals surface area contributed by atoms with E-state index in [0.29, 0.717) is 17.1 Å². The van der Waals surface area contributed by atoms with E-state index in [1.807, 2.05) is 0 Å². The van der Waals surface area contributed by atoms with Gasteiger partial charge in [-0.15, -0.1) is 0 Å². The van der Waals surface area contributed by atoms with E-state index in [0.717, 1.165) is 4.90 Å². The number of imide groups is 2. The first-order valence-corrected chi connectivity index (χ1v) is 8.08. The van der Waals surface area contributed by atoms with Gasteiger partial charge in [0.15, 0.2) is 11.5 Å².